The molecule has 0 saturated heterocycles. The molecule has 0 atom stereocenters. The molecule has 1 saturated carbocycles. The Morgan fingerprint density at radius 2 is 2.32 bits per heavy atom. The molecule has 7 heteroatoms. The van der Waals surface area contributed by atoms with Crippen LogP contribution >= 0.6 is 22.9 Å². The summed E-state index contributed by atoms with van der Waals surface area (Å²) in [6.45, 7) is 0.465. The van der Waals surface area contributed by atoms with Crippen LogP contribution in [0.25, 0.3) is 5.65 Å². The molecule has 22 heavy (non-hydrogen) atoms. The SMILES string of the molecule is O=C(c1c(O)[n+]2ccccc2n1Cc1cnc(Cl)s1)C1CC1. The Balaban J connectivity index is 1.89. The van der Waals surface area contributed by atoms with Gasteiger partial charge in [-0.2, -0.15) is 4.40 Å². The highest BCUT2D eigenvalue weighted by molar-refractivity contribution is 7.15. The molecule has 0 aliphatic heterocycles. The third-order valence-corrected chi connectivity index (χ3v) is 4.95. The van der Waals surface area contributed by atoms with Crippen molar-refractivity contribution < 1.29 is 14.3 Å². The highest BCUT2D eigenvalue weighted by Gasteiger charge is 2.39. The second-order valence-electron chi connectivity index (χ2n) is 5.41. The normalized spacial score (nSPS) is 14.6. The molecule has 112 valence electrons. The van der Waals surface area contributed by atoms with Crippen LogP contribution in [0.3, 0.4) is 0 Å². The van der Waals surface area contributed by atoms with E-state index in [9.17, 15) is 9.90 Å². The minimum atomic E-state index is 0.00288. The van der Waals surface area contributed by atoms with Crippen molar-refractivity contribution in [1.82, 2.24) is 9.55 Å². The number of aromatic hydroxyl groups is 1. The Labute approximate surface area is 135 Å². The van der Waals surface area contributed by atoms with Crippen molar-refractivity contribution in [3.8, 4) is 5.88 Å². The van der Waals surface area contributed by atoms with Crippen molar-refractivity contribution in [2.75, 3.05) is 0 Å². The van der Waals surface area contributed by atoms with Crippen LogP contribution in [0.1, 0.15) is 28.2 Å². The molecule has 0 aromatic carbocycles. The molecule has 0 spiro atoms. The van der Waals surface area contributed by atoms with E-state index in [1.54, 1.807) is 16.8 Å². The highest BCUT2D eigenvalue weighted by atomic mass is 35.5. The van der Waals surface area contributed by atoms with Gasteiger partial charge >= 0.3 is 5.88 Å². The minimum absolute atomic E-state index is 0.00288. The van der Waals surface area contributed by atoms with E-state index < -0.39 is 0 Å². The molecule has 3 aromatic heterocycles. The van der Waals surface area contributed by atoms with Gasteiger partial charge in [0, 0.05) is 18.2 Å². The average Bonchev–Trinajstić information content (AvgIpc) is 3.24. The second-order valence-corrected chi connectivity index (χ2v) is 7.10. The number of nitrogens with zero attached hydrogens (tertiary/aromatic N) is 3. The van der Waals surface area contributed by atoms with Gasteiger partial charge in [0.05, 0.1) is 11.1 Å². The Morgan fingerprint density at radius 1 is 1.50 bits per heavy atom. The van der Waals surface area contributed by atoms with E-state index in [1.807, 2.05) is 22.8 Å². The lowest BCUT2D eigenvalue weighted by Gasteiger charge is -1.99. The van der Waals surface area contributed by atoms with Gasteiger partial charge in [-0.15, -0.1) is 11.3 Å². The first-order chi connectivity index (χ1) is 10.6. The van der Waals surface area contributed by atoms with Gasteiger partial charge in [-0.25, -0.2) is 9.55 Å². The van der Waals surface area contributed by atoms with Crippen LogP contribution in [0.2, 0.25) is 4.47 Å². The van der Waals surface area contributed by atoms with Gasteiger partial charge in [0.2, 0.25) is 5.78 Å². The first-order valence-corrected chi connectivity index (χ1v) is 8.21. The van der Waals surface area contributed by atoms with Gasteiger partial charge in [-0.3, -0.25) is 4.79 Å². The summed E-state index contributed by atoms with van der Waals surface area (Å²) in [6.07, 6.45) is 5.26. The quantitative estimate of drug-likeness (QED) is 0.589. The highest BCUT2D eigenvalue weighted by Crippen LogP contribution is 2.35. The van der Waals surface area contributed by atoms with E-state index in [1.165, 1.54) is 11.3 Å². The zero-order valence-electron chi connectivity index (χ0n) is 11.6. The lowest BCUT2D eigenvalue weighted by molar-refractivity contribution is -0.521. The number of hydrogen-bond acceptors (Lipinski definition) is 4. The van der Waals surface area contributed by atoms with Crippen LogP contribution in [0.15, 0.2) is 30.6 Å². The van der Waals surface area contributed by atoms with Crippen LogP contribution in [0, 0.1) is 5.92 Å². The maximum absolute atomic E-state index is 12.6. The summed E-state index contributed by atoms with van der Waals surface area (Å²) in [4.78, 5) is 17.6. The average molecular weight is 335 g/mol. The molecule has 0 amide bonds. The van der Waals surface area contributed by atoms with E-state index in [4.69, 9.17) is 11.6 Å². The summed E-state index contributed by atoms with van der Waals surface area (Å²) in [5.41, 5.74) is 1.15. The minimum Gasteiger partial charge on any atom is -0.474 e. The largest absolute Gasteiger partial charge is 0.474 e. The third-order valence-electron chi connectivity index (χ3n) is 3.85. The number of carbonyl (C=O) groups is 1. The second kappa shape index (κ2) is 5.07. The first kappa shape index (κ1) is 13.7. The molecule has 1 aliphatic carbocycles. The van der Waals surface area contributed by atoms with Gasteiger partial charge in [0.1, 0.15) is 6.54 Å². The predicted molar refractivity (Wildman–Crippen MR) is 82.5 cm³/mol. The topological polar surface area (TPSA) is 59.2 Å². The van der Waals surface area contributed by atoms with Crippen LogP contribution in [-0.4, -0.2) is 20.4 Å². The molecule has 4 rings (SSSR count). The van der Waals surface area contributed by atoms with Crippen molar-refractivity contribution in [1.29, 1.82) is 0 Å². The number of thiazole rings is 1. The molecule has 3 aromatic rings. The summed E-state index contributed by atoms with van der Waals surface area (Å²) < 4.78 is 3.95. The fourth-order valence-electron chi connectivity index (χ4n) is 2.64. The number of halogens is 1. The van der Waals surface area contributed by atoms with E-state index in [0.29, 0.717) is 16.7 Å². The number of ketones is 1. The molecular weight excluding hydrogens is 322 g/mol. The van der Waals surface area contributed by atoms with Crippen LogP contribution < -0.4 is 4.40 Å². The number of fused-ring (bicyclic) bond motifs is 1. The van der Waals surface area contributed by atoms with Crippen LogP contribution in [0.4, 0.5) is 0 Å². The molecule has 0 unspecified atom stereocenters. The van der Waals surface area contributed by atoms with E-state index >= 15 is 0 Å². The molecule has 1 fully saturated rings. The monoisotopic (exact) mass is 334 g/mol. The maximum Gasteiger partial charge on any atom is 0.339 e. The molecule has 1 aliphatic rings. The standard InChI is InChI=1S/C15H12ClN3O2S/c16-15-17-7-10(22-15)8-19-11-3-1-2-6-18(11)14(21)12(19)13(20)9-4-5-9/h1-3,6-7,9H,4-5,8H2/p+1. The number of aromatic nitrogens is 3. The molecule has 0 bridgehead atoms. The van der Waals surface area contributed by atoms with Gasteiger partial charge in [0.15, 0.2) is 4.47 Å². The summed E-state index contributed by atoms with van der Waals surface area (Å²) in [5.74, 6) is 0.0551. The predicted octanol–water partition coefficient (Wildman–Crippen LogP) is 2.68. The Hall–Kier alpha value is -1.92. The summed E-state index contributed by atoms with van der Waals surface area (Å²) in [5, 5.41) is 10.5. The lowest BCUT2D eigenvalue weighted by Crippen LogP contribution is -2.19. The molecule has 0 radical (unpaired) electrons. The Bertz CT molecular complexity index is 882. The number of carbonyl (C=O) groups excluding carboxylic acids is 1. The fraction of sp³-hybridized carbons (Fsp3) is 0.267. The number of rotatable bonds is 4. The zero-order chi connectivity index (χ0) is 15.3. The maximum atomic E-state index is 12.6. The lowest BCUT2D eigenvalue weighted by atomic mass is 10.2. The Kier molecular flexibility index (Phi) is 3.16. The van der Waals surface area contributed by atoms with Crippen molar-refractivity contribution in [3.63, 3.8) is 0 Å². The molecular formula is C15H13ClN3O2S+. The van der Waals surface area contributed by atoms with Crippen LogP contribution in [0.5, 0.6) is 5.88 Å². The van der Waals surface area contributed by atoms with Gasteiger partial charge in [-0.05, 0) is 18.9 Å². The number of Topliss-reactive ketones (excluding diaryl/α,β-unsaturated/α-hetero) is 1. The van der Waals surface area contributed by atoms with Gasteiger partial charge in [0.25, 0.3) is 11.3 Å². The van der Waals surface area contributed by atoms with Crippen molar-refractivity contribution in [2.45, 2.75) is 19.4 Å². The van der Waals surface area contributed by atoms with Crippen LogP contribution in [-0.2, 0) is 6.54 Å². The smallest absolute Gasteiger partial charge is 0.339 e. The Morgan fingerprint density at radius 3 is 3.00 bits per heavy atom. The van der Waals surface area contributed by atoms with Crippen molar-refractivity contribution >= 4 is 34.4 Å². The van der Waals surface area contributed by atoms with E-state index in [0.717, 1.165) is 23.4 Å². The summed E-state index contributed by atoms with van der Waals surface area (Å²) in [6, 6.07) is 5.59. The number of pyridine rings is 1. The summed E-state index contributed by atoms with van der Waals surface area (Å²) in [7, 11) is 0. The van der Waals surface area contributed by atoms with Gasteiger partial charge < -0.3 is 5.11 Å². The molecule has 3 heterocycles. The van der Waals surface area contributed by atoms with Gasteiger partial charge in [-0.1, -0.05) is 17.7 Å². The molecule has 1 N–H and O–H groups in total. The molecule has 5 nitrogen and oxygen atoms in total. The fourth-order valence-corrected chi connectivity index (χ4v) is 3.60. The number of hydrogen-bond donors (Lipinski definition) is 1. The summed E-state index contributed by atoms with van der Waals surface area (Å²) >= 11 is 7.27. The first-order valence-electron chi connectivity index (χ1n) is 7.01. The van der Waals surface area contributed by atoms with E-state index in [2.05, 4.69) is 4.98 Å². The van der Waals surface area contributed by atoms with E-state index in [-0.39, 0.29) is 17.6 Å². The zero-order valence-corrected chi connectivity index (χ0v) is 13.1. The third kappa shape index (κ3) is 2.19. The van der Waals surface area contributed by atoms with Crippen molar-refractivity contribution in [2.24, 2.45) is 5.92 Å². The number of imidazole rings is 1. The van der Waals surface area contributed by atoms with Crippen molar-refractivity contribution in [3.05, 3.63) is 45.6 Å².